The van der Waals surface area contributed by atoms with Crippen LogP contribution in [0.3, 0.4) is 0 Å². The first-order valence-electron chi connectivity index (χ1n) is 6.33. The van der Waals surface area contributed by atoms with Crippen LogP contribution in [0.15, 0.2) is 42.5 Å². The van der Waals surface area contributed by atoms with Crippen molar-refractivity contribution in [2.75, 3.05) is 0 Å². The number of carbonyl (C=O) groups excluding carboxylic acids is 2. The van der Waals surface area contributed by atoms with Gasteiger partial charge in [0, 0.05) is 6.92 Å². The maximum Gasteiger partial charge on any atom is 0.338 e. The normalized spacial score (nSPS) is 25.0. The molecule has 106 valence electrons. The number of hydrogen-bond donors (Lipinski definition) is 0. The third-order valence-corrected chi connectivity index (χ3v) is 2.80. The number of esters is 2. The fourth-order valence-electron chi connectivity index (χ4n) is 1.82. The minimum atomic E-state index is -0.728. The van der Waals surface area contributed by atoms with Gasteiger partial charge in [0.15, 0.2) is 0 Å². The van der Waals surface area contributed by atoms with Gasteiger partial charge in [-0.2, -0.15) is 0 Å². The van der Waals surface area contributed by atoms with Gasteiger partial charge in [0.05, 0.1) is 11.7 Å². The number of benzene rings is 1. The van der Waals surface area contributed by atoms with Crippen molar-refractivity contribution in [3.8, 4) is 0 Å². The Bertz CT molecular complexity index is 508. The molecule has 0 aliphatic carbocycles. The molecule has 1 aliphatic rings. The molecule has 0 bridgehead atoms. The lowest BCUT2D eigenvalue weighted by Gasteiger charge is -2.29. The molecular formula is C15H16O5. The van der Waals surface area contributed by atoms with Crippen molar-refractivity contribution in [1.82, 2.24) is 0 Å². The Hall–Kier alpha value is -2.14. The molecule has 3 atom stereocenters. The van der Waals surface area contributed by atoms with Gasteiger partial charge in [0.1, 0.15) is 6.10 Å². The summed E-state index contributed by atoms with van der Waals surface area (Å²) in [5, 5.41) is 0. The topological polar surface area (TPSA) is 61.8 Å². The molecular weight excluding hydrogens is 260 g/mol. The molecule has 0 aromatic heterocycles. The van der Waals surface area contributed by atoms with Crippen LogP contribution in [-0.2, 0) is 19.0 Å². The monoisotopic (exact) mass is 276 g/mol. The van der Waals surface area contributed by atoms with Gasteiger partial charge in [-0.15, -0.1) is 0 Å². The maximum atomic E-state index is 11.9. The zero-order chi connectivity index (χ0) is 14.5. The van der Waals surface area contributed by atoms with Gasteiger partial charge in [-0.05, 0) is 31.2 Å². The predicted molar refractivity (Wildman–Crippen MR) is 70.9 cm³/mol. The molecule has 0 spiro atoms. The van der Waals surface area contributed by atoms with E-state index in [1.54, 1.807) is 43.3 Å². The lowest BCUT2D eigenvalue weighted by atomic mass is 10.1. The Morgan fingerprint density at radius 1 is 1.10 bits per heavy atom. The molecule has 1 heterocycles. The highest BCUT2D eigenvalue weighted by molar-refractivity contribution is 5.89. The second-order valence-corrected chi connectivity index (χ2v) is 4.44. The van der Waals surface area contributed by atoms with Crippen molar-refractivity contribution >= 4 is 11.9 Å². The molecule has 5 nitrogen and oxygen atoms in total. The van der Waals surface area contributed by atoms with Crippen LogP contribution in [-0.4, -0.2) is 30.4 Å². The van der Waals surface area contributed by atoms with Gasteiger partial charge in [0.25, 0.3) is 0 Å². The Morgan fingerprint density at radius 3 is 2.40 bits per heavy atom. The summed E-state index contributed by atoms with van der Waals surface area (Å²) in [7, 11) is 0. The number of ether oxygens (including phenoxy) is 3. The summed E-state index contributed by atoms with van der Waals surface area (Å²) in [5.41, 5.74) is 0.482. The standard InChI is InChI=1S/C15H16O5/c1-10-13(8-9-14(18-10)19-11(2)16)20-15(17)12-6-4-3-5-7-12/h3-10,13-14H,1-2H3/t10-,13-,14-/m0/s1. The highest BCUT2D eigenvalue weighted by atomic mass is 16.7. The Balaban J connectivity index is 1.97. The smallest absolute Gasteiger partial charge is 0.338 e. The first kappa shape index (κ1) is 14.3. The summed E-state index contributed by atoms with van der Waals surface area (Å²) >= 11 is 0. The summed E-state index contributed by atoms with van der Waals surface area (Å²) in [6.07, 6.45) is 1.60. The molecule has 2 rings (SSSR count). The zero-order valence-corrected chi connectivity index (χ0v) is 11.3. The molecule has 0 saturated heterocycles. The van der Waals surface area contributed by atoms with Crippen LogP contribution in [0, 0.1) is 0 Å². The minimum absolute atomic E-state index is 0.392. The Morgan fingerprint density at radius 2 is 1.80 bits per heavy atom. The SMILES string of the molecule is CC(=O)O[C@H]1C=C[C@H](OC(=O)c2ccccc2)[C@H](C)O1. The van der Waals surface area contributed by atoms with Gasteiger partial charge in [-0.3, -0.25) is 4.79 Å². The van der Waals surface area contributed by atoms with E-state index in [0.29, 0.717) is 5.56 Å². The summed E-state index contributed by atoms with van der Waals surface area (Å²) in [6.45, 7) is 3.06. The van der Waals surface area contributed by atoms with Crippen molar-refractivity contribution in [2.24, 2.45) is 0 Å². The van der Waals surface area contributed by atoms with E-state index in [-0.39, 0.29) is 0 Å². The molecule has 0 saturated carbocycles. The molecule has 0 amide bonds. The molecule has 1 aromatic rings. The average Bonchev–Trinajstić information content (AvgIpc) is 2.42. The second-order valence-electron chi connectivity index (χ2n) is 4.44. The van der Waals surface area contributed by atoms with Crippen molar-refractivity contribution in [2.45, 2.75) is 32.3 Å². The van der Waals surface area contributed by atoms with Crippen molar-refractivity contribution in [1.29, 1.82) is 0 Å². The maximum absolute atomic E-state index is 11.9. The average molecular weight is 276 g/mol. The number of hydrogen-bond acceptors (Lipinski definition) is 5. The molecule has 5 heteroatoms. The fraction of sp³-hybridized carbons (Fsp3) is 0.333. The quantitative estimate of drug-likeness (QED) is 0.624. The minimum Gasteiger partial charge on any atom is -0.452 e. The predicted octanol–water partition coefficient (Wildman–Crippen LogP) is 2.08. The van der Waals surface area contributed by atoms with E-state index in [9.17, 15) is 9.59 Å². The largest absolute Gasteiger partial charge is 0.452 e. The second kappa shape index (κ2) is 6.34. The molecule has 20 heavy (non-hydrogen) atoms. The lowest BCUT2D eigenvalue weighted by Crippen LogP contribution is -2.37. The molecule has 1 aliphatic heterocycles. The third kappa shape index (κ3) is 3.68. The zero-order valence-electron chi connectivity index (χ0n) is 11.3. The van der Waals surface area contributed by atoms with E-state index in [4.69, 9.17) is 14.2 Å². The van der Waals surface area contributed by atoms with Crippen molar-refractivity contribution in [3.05, 3.63) is 48.0 Å². The van der Waals surface area contributed by atoms with Gasteiger partial charge in [-0.25, -0.2) is 4.79 Å². The number of rotatable bonds is 3. The van der Waals surface area contributed by atoms with E-state index in [1.165, 1.54) is 6.92 Å². The first-order valence-corrected chi connectivity index (χ1v) is 6.33. The molecule has 0 N–H and O–H groups in total. The van der Waals surface area contributed by atoms with E-state index in [0.717, 1.165) is 0 Å². The van der Waals surface area contributed by atoms with Crippen LogP contribution in [0.2, 0.25) is 0 Å². The van der Waals surface area contributed by atoms with Gasteiger partial charge < -0.3 is 14.2 Å². The summed E-state index contributed by atoms with van der Waals surface area (Å²) in [6, 6.07) is 8.73. The van der Waals surface area contributed by atoms with Crippen molar-refractivity contribution in [3.63, 3.8) is 0 Å². The van der Waals surface area contributed by atoms with Crippen LogP contribution in [0.5, 0.6) is 0 Å². The molecule has 0 radical (unpaired) electrons. The summed E-state index contributed by atoms with van der Waals surface area (Å²) in [5.74, 6) is -0.840. The highest BCUT2D eigenvalue weighted by Gasteiger charge is 2.28. The van der Waals surface area contributed by atoms with Crippen LogP contribution in [0.1, 0.15) is 24.2 Å². The van der Waals surface area contributed by atoms with Crippen LogP contribution in [0.25, 0.3) is 0 Å². The van der Waals surface area contributed by atoms with Crippen LogP contribution < -0.4 is 0 Å². The highest BCUT2D eigenvalue weighted by Crippen LogP contribution is 2.18. The van der Waals surface area contributed by atoms with Crippen LogP contribution in [0.4, 0.5) is 0 Å². The van der Waals surface area contributed by atoms with E-state index in [1.807, 2.05) is 6.07 Å². The fourth-order valence-corrected chi connectivity index (χ4v) is 1.82. The van der Waals surface area contributed by atoms with Crippen molar-refractivity contribution < 1.29 is 23.8 Å². The number of carbonyl (C=O) groups is 2. The molecule has 0 fully saturated rings. The molecule has 0 unspecified atom stereocenters. The van der Waals surface area contributed by atoms with Crippen LogP contribution >= 0.6 is 0 Å². The van der Waals surface area contributed by atoms with Gasteiger partial charge >= 0.3 is 11.9 Å². The Kier molecular flexibility index (Phi) is 4.53. The lowest BCUT2D eigenvalue weighted by molar-refractivity contribution is -0.184. The summed E-state index contributed by atoms with van der Waals surface area (Å²) < 4.78 is 15.7. The van der Waals surface area contributed by atoms with Gasteiger partial charge in [0.2, 0.25) is 6.29 Å². The summed E-state index contributed by atoms with van der Waals surface area (Å²) in [4.78, 5) is 22.8. The Labute approximate surface area is 117 Å². The molecule has 1 aromatic carbocycles. The first-order chi connectivity index (χ1) is 9.56. The van der Waals surface area contributed by atoms with E-state index in [2.05, 4.69) is 0 Å². The van der Waals surface area contributed by atoms with E-state index < -0.39 is 30.4 Å². The van der Waals surface area contributed by atoms with Gasteiger partial charge in [-0.1, -0.05) is 18.2 Å². The van der Waals surface area contributed by atoms with E-state index >= 15 is 0 Å². The third-order valence-electron chi connectivity index (χ3n) is 2.80.